The highest BCUT2D eigenvalue weighted by Crippen LogP contribution is 2.40. The monoisotopic (exact) mass is 364 g/mol. The standard InChI is InChI=1S/C25H20N2O/c1-15-11-16(2)24-20(12-15)21-13-17(14-26-25(21)28-24)27-22-9-5-3-7-18(22)19-8-4-6-10-23(19)27/h3-10,12-14,16H,11H2,1-2H3. The van der Waals surface area contributed by atoms with Gasteiger partial charge in [-0.25, -0.2) is 4.98 Å². The second kappa shape index (κ2) is 5.59. The van der Waals surface area contributed by atoms with Crippen LogP contribution in [0.1, 0.15) is 37.5 Å². The topological polar surface area (TPSA) is 31.0 Å². The van der Waals surface area contributed by atoms with Gasteiger partial charge in [0.05, 0.1) is 22.9 Å². The van der Waals surface area contributed by atoms with Crippen LogP contribution in [0.25, 0.3) is 44.7 Å². The van der Waals surface area contributed by atoms with Crippen molar-refractivity contribution in [3.05, 3.63) is 77.7 Å². The van der Waals surface area contributed by atoms with Crippen LogP contribution in [0.4, 0.5) is 0 Å². The lowest BCUT2D eigenvalue weighted by atomic mass is 9.89. The van der Waals surface area contributed by atoms with Crippen LogP contribution in [0.5, 0.6) is 0 Å². The first kappa shape index (κ1) is 15.7. The van der Waals surface area contributed by atoms with Gasteiger partial charge in [-0.3, -0.25) is 0 Å². The van der Waals surface area contributed by atoms with Gasteiger partial charge in [0.1, 0.15) is 5.76 Å². The third kappa shape index (κ3) is 2.07. The normalized spacial score (nSPS) is 16.6. The second-order valence-corrected chi connectivity index (χ2v) is 7.89. The number of benzene rings is 2. The molecule has 3 nitrogen and oxygen atoms in total. The van der Waals surface area contributed by atoms with Crippen LogP contribution in [0.2, 0.25) is 0 Å². The summed E-state index contributed by atoms with van der Waals surface area (Å²) < 4.78 is 8.44. The molecule has 1 atom stereocenters. The van der Waals surface area contributed by atoms with E-state index in [2.05, 4.69) is 79.1 Å². The Morgan fingerprint density at radius 3 is 2.36 bits per heavy atom. The van der Waals surface area contributed by atoms with Gasteiger partial charge in [0, 0.05) is 27.6 Å². The number of allylic oxidation sites excluding steroid dienone is 1. The Morgan fingerprint density at radius 1 is 0.964 bits per heavy atom. The average Bonchev–Trinajstić information content (AvgIpc) is 3.24. The van der Waals surface area contributed by atoms with E-state index >= 15 is 0 Å². The highest BCUT2D eigenvalue weighted by molar-refractivity contribution is 6.09. The molecule has 3 heteroatoms. The zero-order valence-corrected chi connectivity index (χ0v) is 15.9. The number of nitrogens with zero attached hydrogens (tertiary/aromatic N) is 2. The summed E-state index contributed by atoms with van der Waals surface area (Å²) in [6, 6.07) is 19.3. The highest BCUT2D eigenvalue weighted by Gasteiger charge is 2.24. The van der Waals surface area contributed by atoms with E-state index in [9.17, 15) is 0 Å². The molecule has 5 aromatic rings. The fraction of sp³-hybridized carbons (Fsp3) is 0.160. The van der Waals surface area contributed by atoms with Gasteiger partial charge in [-0.2, -0.15) is 0 Å². The second-order valence-electron chi connectivity index (χ2n) is 7.89. The lowest BCUT2D eigenvalue weighted by molar-refractivity contribution is 0.492. The molecule has 0 saturated carbocycles. The molecule has 0 fully saturated rings. The molecule has 28 heavy (non-hydrogen) atoms. The van der Waals surface area contributed by atoms with Crippen LogP contribution in [-0.4, -0.2) is 9.55 Å². The van der Waals surface area contributed by atoms with E-state index in [1.807, 2.05) is 6.20 Å². The first-order valence-electron chi connectivity index (χ1n) is 9.79. The lowest BCUT2D eigenvalue weighted by Gasteiger charge is -2.15. The Morgan fingerprint density at radius 2 is 1.64 bits per heavy atom. The molecular weight excluding hydrogens is 344 g/mol. The van der Waals surface area contributed by atoms with Crippen molar-refractivity contribution in [2.24, 2.45) is 0 Å². The number of para-hydroxylation sites is 2. The van der Waals surface area contributed by atoms with Gasteiger partial charge in [-0.1, -0.05) is 55.0 Å². The first-order valence-corrected chi connectivity index (χ1v) is 9.79. The highest BCUT2D eigenvalue weighted by atomic mass is 16.3. The van der Waals surface area contributed by atoms with E-state index in [0.29, 0.717) is 5.92 Å². The Hall–Kier alpha value is -3.33. The third-order valence-corrected chi connectivity index (χ3v) is 5.90. The Balaban J connectivity index is 1.69. The summed E-state index contributed by atoms with van der Waals surface area (Å²) >= 11 is 0. The van der Waals surface area contributed by atoms with E-state index in [4.69, 9.17) is 9.40 Å². The van der Waals surface area contributed by atoms with Crippen molar-refractivity contribution in [3.63, 3.8) is 0 Å². The summed E-state index contributed by atoms with van der Waals surface area (Å²) in [5, 5.41) is 3.62. The summed E-state index contributed by atoms with van der Waals surface area (Å²) in [6.07, 6.45) is 5.24. The van der Waals surface area contributed by atoms with E-state index in [0.717, 1.165) is 29.0 Å². The largest absolute Gasteiger partial charge is 0.442 e. The average molecular weight is 364 g/mol. The minimum absolute atomic E-state index is 0.394. The number of rotatable bonds is 1. The van der Waals surface area contributed by atoms with Crippen molar-refractivity contribution in [2.75, 3.05) is 0 Å². The van der Waals surface area contributed by atoms with Gasteiger partial charge >= 0.3 is 0 Å². The fourth-order valence-corrected chi connectivity index (χ4v) is 4.73. The van der Waals surface area contributed by atoms with Crippen molar-refractivity contribution < 1.29 is 4.42 Å². The number of hydrogen-bond acceptors (Lipinski definition) is 2. The van der Waals surface area contributed by atoms with Crippen LogP contribution in [-0.2, 0) is 0 Å². The molecule has 1 aliphatic rings. The van der Waals surface area contributed by atoms with Crippen molar-refractivity contribution >= 4 is 39.0 Å². The summed E-state index contributed by atoms with van der Waals surface area (Å²) in [5.74, 6) is 1.46. The number of furan rings is 1. The van der Waals surface area contributed by atoms with Gasteiger partial charge in [0.2, 0.25) is 5.71 Å². The van der Waals surface area contributed by atoms with Crippen molar-refractivity contribution in [1.82, 2.24) is 9.55 Å². The lowest BCUT2D eigenvalue weighted by Crippen LogP contribution is -2.00. The number of aromatic nitrogens is 2. The maximum atomic E-state index is 6.13. The minimum atomic E-state index is 0.394. The molecule has 3 aromatic heterocycles. The van der Waals surface area contributed by atoms with Gasteiger partial charge < -0.3 is 8.98 Å². The summed E-state index contributed by atoms with van der Waals surface area (Å²) in [4.78, 5) is 4.70. The van der Waals surface area contributed by atoms with E-state index in [1.165, 1.54) is 32.9 Å². The van der Waals surface area contributed by atoms with Gasteiger partial charge in [-0.15, -0.1) is 0 Å². The van der Waals surface area contributed by atoms with Crippen LogP contribution in [0.15, 0.2) is 70.8 Å². The molecule has 0 aliphatic heterocycles. The van der Waals surface area contributed by atoms with Crippen molar-refractivity contribution in [1.29, 1.82) is 0 Å². The van der Waals surface area contributed by atoms with E-state index < -0.39 is 0 Å². The van der Waals surface area contributed by atoms with Crippen LogP contribution < -0.4 is 0 Å². The molecular formula is C25H20N2O. The molecule has 0 amide bonds. The number of fused-ring (bicyclic) bond motifs is 6. The van der Waals surface area contributed by atoms with Crippen LogP contribution >= 0.6 is 0 Å². The molecule has 6 rings (SSSR count). The molecule has 2 aromatic carbocycles. The molecule has 0 spiro atoms. The molecule has 3 heterocycles. The minimum Gasteiger partial charge on any atom is -0.442 e. The molecule has 0 bridgehead atoms. The predicted octanol–water partition coefficient (Wildman–Crippen LogP) is 6.84. The fourth-order valence-electron chi connectivity index (χ4n) is 4.73. The van der Waals surface area contributed by atoms with Gasteiger partial charge in [0.25, 0.3) is 0 Å². The van der Waals surface area contributed by atoms with Gasteiger partial charge in [0.15, 0.2) is 0 Å². The van der Waals surface area contributed by atoms with Crippen molar-refractivity contribution in [3.8, 4) is 5.69 Å². The Labute approximate surface area is 162 Å². The van der Waals surface area contributed by atoms with Crippen molar-refractivity contribution in [2.45, 2.75) is 26.2 Å². The molecule has 136 valence electrons. The third-order valence-electron chi connectivity index (χ3n) is 5.90. The smallest absolute Gasteiger partial charge is 0.226 e. The Kier molecular flexibility index (Phi) is 3.13. The summed E-state index contributed by atoms with van der Waals surface area (Å²) in [5.41, 5.74) is 6.78. The number of hydrogen-bond donors (Lipinski definition) is 0. The van der Waals surface area contributed by atoms with Gasteiger partial charge in [-0.05, 0) is 31.5 Å². The molecule has 0 N–H and O–H groups in total. The first-order chi connectivity index (χ1) is 13.7. The zero-order chi connectivity index (χ0) is 18.8. The SMILES string of the molecule is CC1=Cc2c(oc3ncc(-n4c5ccccc5c5ccccc54)cc23)C(C)C1. The van der Waals surface area contributed by atoms with Crippen LogP contribution in [0.3, 0.4) is 0 Å². The maximum absolute atomic E-state index is 6.13. The van der Waals surface area contributed by atoms with Crippen LogP contribution in [0, 0.1) is 0 Å². The maximum Gasteiger partial charge on any atom is 0.226 e. The Bertz CT molecular complexity index is 1360. The zero-order valence-electron chi connectivity index (χ0n) is 15.9. The molecule has 0 radical (unpaired) electrons. The number of pyridine rings is 1. The molecule has 0 saturated heterocycles. The molecule has 1 aliphatic carbocycles. The summed E-state index contributed by atoms with van der Waals surface area (Å²) in [6.45, 7) is 4.42. The quantitative estimate of drug-likeness (QED) is 0.326. The van der Waals surface area contributed by atoms with E-state index in [-0.39, 0.29) is 0 Å². The van der Waals surface area contributed by atoms with E-state index in [1.54, 1.807) is 0 Å². The predicted molar refractivity (Wildman–Crippen MR) is 115 cm³/mol. The summed E-state index contributed by atoms with van der Waals surface area (Å²) in [7, 11) is 0. The molecule has 1 unspecified atom stereocenters.